The summed E-state index contributed by atoms with van der Waals surface area (Å²) in [7, 11) is 0. The SMILES string of the molecule is CCC(=O)Oc1ccccc1N(F)F. The molecule has 0 fully saturated rings. The first-order valence-electron chi connectivity index (χ1n) is 4.06. The van der Waals surface area contributed by atoms with Crippen LogP contribution in [0, 0.1) is 0 Å². The second kappa shape index (κ2) is 4.55. The molecule has 0 aliphatic heterocycles. The highest BCUT2D eigenvalue weighted by Crippen LogP contribution is 2.28. The van der Waals surface area contributed by atoms with Crippen LogP contribution >= 0.6 is 0 Å². The van der Waals surface area contributed by atoms with Crippen LogP contribution in [0.3, 0.4) is 0 Å². The van der Waals surface area contributed by atoms with Crippen molar-refractivity contribution in [2.45, 2.75) is 13.3 Å². The van der Waals surface area contributed by atoms with Gasteiger partial charge in [-0.25, -0.2) is 0 Å². The molecule has 1 aromatic rings. The maximum atomic E-state index is 12.2. The van der Waals surface area contributed by atoms with E-state index in [1.54, 1.807) is 6.92 Å². The minimum absolute atomic E-state index is 0.135. The Kier molecular flexibility index (Phi) is 3.39. The number of rotatable bonds is 3. The molecule has 1 rings (SSSR count). The summed E-state index contributed by atoms with van der Waals surface area (Å²) in [6.07, 6.45) is 0.146. The fourth-order valence-electron chi connectivity index (χ4n) is 0.878. The smallest absolute Gasteiger partial charge is 0.310 e. The van der Waals surface area contributed by atoms with Crippen LogP contribution in [0.2, 0.25) is 0 Å². The van der Waals surface area contributed by atoms with Crippen molar-refractivity contribution in [1.82, 2.24) is 0 Å². The zero-order chi connectivity index (χ0) is 10.6. The Labute approximate surface area is 79.8 Å². The zero-order valence-electron chi connectivity index (χ0n) is 7.54. The maximum Gasteiger partial charge on any atom is 0.310 e. The summed E-state index contributed by atoms with van der Waals surface area (Å²) < 4.78 is 29.1. The molecule has 0 saturated heterocycles. The molecule has 0 radical (unpaired) electrons. The van der Waals surface area contributed by atoms with Gasteiger partial charge in [-0.15, -0.1) is 0 Å². The van der Waals surface area contributed by atoms with Gasteiger partial charge >= 0.3 is 5.97 Å². The number of carbonyl (C=O) groups is 1. The number of hydrogen-bond donors (Lipinski definition) is 0. The number of anilines is 1. The third kappa shape index (κ3) is 2.42. The molecular formula is C9H9F2NO2. The van der Waals surface area contributed by atoms with Gasteiger partial charge in [0.25, 0.3) is 0 Å². The summed E-state index contributed by atoms with van der Waals surface area (Å²) in [5.41, 5.74) is -0.422. The average molecular weight is 201 g/mol. The number of ether oxygens (including phenoxy) is 1. The molecule has 0 saturated carbocycles. The van der Waals surface area contributed by atoms with Crippen LogP contribution in [0.25, 0.3) is 0 Å². The van der Waals surface area contributed by atoms with Crippen molar-refractivity contribution < 1.29 is 18.5 Å². The Balaban J connectivity index is 2.90. The minimum Gasteiger partial charge on any atom is -0.424 e. The highest BCUT2D eigenvalue weighted by atomic mass is 19.4. The van der Waals surface area contributed by atoms with Gasteiger partial charge in [-0.05, 0) is 17.5 Å². The quantitative estimate of drug-likeness (QED) is 0.427. The van der Waals surface area contributed by atoms with E-state index in [0.717, 1.165) is 6.07 Å². The summed E-state index contributed by atoms with van der Waals surface area (Å²) in [5, 5.41) is -1.09. The van der Waals surface area contributed by atoms with Crippen molar-refractivity contribution in [3.63, 3.8) is 0 Å². The summed E-state index contributed by atoms with van der Waals surface area (Å²) >= 11 is 0. The Bertz CT molecular complexity index is 328. The molecule has 0 aromatic heterocycles. The molecule has 0 N–H and O–H groups in total. The number of esters is 1. The van der Waals surface area contributed by atoms with Gasteiger partial charge in [0.1, 0.15) is 5.69 Å². The molecule has 0 bridgehead atoms. The van der Waals surface area contributed by atoms with Gasteiger partial charge in [0.2, 0.25) is 0 Å². The number of carbonyl (C=O) groups excluding carboxylic acids is 1. The van der Waals surface area contributed by atoms with Crippen molar-refractivity contribution in [3.05, 3.63) is 24.3 Å². The first kappa shape index (κ1) is 10.4. The lowest BCUT2D eigenvalue weighted by atomic mass is 10.3. The summed E-state index contributed by atoms with van der Waals surface area (Å²) in [4.78, 5) is 10.9. The molecule has 0 aliphatic rings. The van der Waals surface area contributed by atoms with E-state index in [2.05, 4.69) is 0 Å². The van der Waals surface area contributed by atoms with Crippen LogP contribution in [-0.2, 0) is 4.79 Å². The van der Waals surface area contributed by atoms with E-state index in [0.29, 0.717) is 0 Å². The summed E-state index contributed by atoms with van der Waals surface area (Å²) in [5.74, 6) is -0.677. The van der Waals surface area contributed by atoms with Crippen LogP contribution < -0.4 is 10.1 Å². The van der Waals surface area contributed by atoms with E-state index in [-0.39, 0.29) is 12.2 Å². The Morgan fingerprint density at radius 1 is 1.43 bits per heavy atom. The van der Waals surface area contributed by atoms with E-state index in [4.69, 9.17) is 4.74 Å². The lowest BCUT2D eigenvalue weighted by molar-refractivity contribution is -0.134. The van der Waals surface area contributed by atoms with Crippen LogP contribution in [0.5, 0.6) is 5.75 Å². The molecule has 76 valence electrons. The van der Waals surface area contributed by atoms with Gasteiger partial charge in [-0.2, -0.15) is 0 Å². The number of hydrogen-bond acceptors (Lipinski definition) is 3. The first-order chi connectivity index (χ1) is 6.65. The normalized spacial score (nSPS) is 9.64. The van der Waals surface area contributed by atoms with E-state index in [1.807, 2.05) is 0 Å². The van der Waals surface area contributed by atoms with Gasteiger partial charge < -0.3 is 4.74 Å². The molecule has 14 heavy (non-hydrogen) atoms. The molecule has 0 aliphatic carbocycles. The van der Waals surface area contributed by atoms with Crippen LogP contribution in [-0.4, -0.2) is 5.97 Å². The Morgan fingerprint density at radius 2 is 2.07 bits per heavy atom. The van der Waals surface area contributed by atoms with Gasteiger partial charge in [0.05, 0.1) is 0 Å². The molecule has 5 heteroatoms. The van der Waals surface area contributed by atoms with Crippen molar-refractivity contribution in [1.29, 1.82) is 0 Å². The highest BCUT2D eigenvalue weighted by molar-refractivity contribution is 5.74. The molecule has 0 atom stereocenters. The second-order valence-electron chi connectivity index (χ2n) is 2.53. The summed E-state index contributed by atoms with van der Waals surface area (Å²) in [6.45, 7) is 1.59. The lowest BCUT2D eigenvalue weighted by Gasteiger charge is -2.08. The van der Waals surface area contributed by atoms with E-state index >= 15 is 0 Å². The largest absolute Gasteiger partial charge is 0.424 e. The Hall–Kier alpha value is -1.65. The minimum atomic E-state index is -1.09. The number of halogens is 2. The fourth-order valence-corrected chi connectivity index (χ4v) is 0.878. The molecule has 0 amide bonds. The fraction of sp³-hybridized carbons (Fsp3) is 0.222. The molecule has 3 nitrogen and oxygen atoms in total. The van der Waals surface area contributed by atoms with Gasteiger partial charge in [0.15, 0.2) is 5.75 Å². The molecule has 0 spiro atoms. The van der Waals surface area contributed by atoms with E-state index in [9.17, 15) is 13.8 Å². The lowest BCUT2D eigenvalue weighted by Crippen LogP contribution is -2.08. The number of para-hydroxylation sites is 2. The monoisotopic (exact) mass is 201 g/mol. The van der Waals surface area contributed by atoms with Crippen molar-refractivity contribution >= 4 is 11.7 Å². The highest BCUT2D eigenvalue weighted by Gasteiger charge is 2.12. The van der Waals surface area contributed by atoms with Crippen molar-refractivity contribution in [3.8, 4) is 5.75 Å². The van der Waals surface area contributed by atoms with Crippen molar-refractivity contribution in [2.24, 2.45) is 0 Å². The van der Waals surface area contributed by atoms with E-state index < -0.39 is 17.0 Å². The maximum absolute atomic E-state index is 12.2. The van der Waals surface area contributed by atoms with E-state index in [1.165, 1.54) is 18.2 Å². The average Bonchev–Trinajstić information content (AvgIpc) is 2.18. The third-order valence-electron chi connectivity index (χ3n) is 1.56. The predicted molar refractivity (Wildman–Crippen MR) is 47.1 cm³/mol. The predicted octanol–water partition coefficient (Wildman–Crippen LogP) is 2.58. The van der Waals surface area contributed by atoms with Gasteiger partial charge in [-0.3, -0.25) is 4.79 Å². The standard InChI is InChI=1S/C9H9F2NO2/c1-2-9(13)14-8-6-4-3-5-7(8)12(10)11/h3-6H,2H2,1H3. The number of benzene rings is 1. The van der Waals surface area contributed by atoms with Crippen LogP contribution in [0.4, 0.5) is 14.6 Å². The Morgan fingerprint density at radius 3 is 2.64 bits per heavy atom. The van der Waals surface area contributed by atoms with Gasteiger partial charge in [0, 0.05) is 6.42 Å². The van der Waals surface area contributed by atoms with Crippen LogP contribution in [0.1, 0.15) is 13.3 Å². The first-order valence-corrected chi connectivity index (χ1v) is 4.06. The third-order valence-corrected chi connectivity index (χ3v) is 1.56. The molecule has 0 heterocycles. The van der Waals surface area contributed by atoms with Gasteiger partial charge in [-0.1, -0.05) is 28.0 Å². The topological polar surface area (TPSA) is 29.5 Å². The molecule has 1 aromatic carbocycles. The number of nitrogens with zero attached hydrogens (tertiary/aromatic N) is 1. The molecule has 0 unspecified atom stereocenters. The van der Waals surface area contributed by atoms with Crippen molar-refractivity contribution in [2.75, 3.05) is 5.34 Å². The van der Waals surface area contributed by atoms with Crippen LogP contribution in [0.15, 0.2) is 24.3 Å². The summed E-state index contributed by atoms with van der Waals surface area (Å²) in [6, 6.07) is 5.43. The zero-order valence-corrected chi connectivity index (χ0v) is 7.54. The molecular weight excluding hydrogens is 192 g/mol. The second-order valence-corrected chi connectivity index (χ2v) is 2.53.